The van der Waals surface area contributed by atoms with Gasteiger partial charge in [-0.25, -0.2) is 0 Å². The Morgan fingerprint density at radius 3 is 2.67 bits per heavy atom. The molecule has 0 aromatic rings. The molecule has 3 heteroatoms. The van der Waals surface area contributed by atoms with Crippen molar-refractivity contribution in [1.29, 1.82) is 0 Å². The fraction of sp³-hybridized carbons (Fsp3) is 0.778. The third-order valence-electron chi connectivity index (χ3n) is 1.15. The second kappa shape index (κ2) is 8.97. The van der Waals surface area contributed by atoms with Gasteiger partial charge in [0.15, 0.2) is 0 Å². The average molecular weight is 186 g/mol. The lowest BCUT2D eigenvalue weighted by atomic mass is 10.4. The Morgan fingerprint density at radius 1 is 1.33 bits per heavy atom. The minimum Gasteiger partial charge on any atom is -0.415 e. The maximum Gasteiger partial charge on any atom is 0.234 e. The van der Waals surface area contributed by atoms with Crippen LogP contribution in [0.15, 0.2) is 12.2 Å². The number of allylic oxidation sites excluding steroid dienone is 1. The number of hydrogen-bond acceptors (Lipinski definition) is 2. The van der Waals surface area contributed by atoms with E-state index in [0.717, 1.165) is 25.7 Å². The SMILES string of the molecule is C=C(C)C[Si]OCCOCCC. The second-order valence-electron chi connectivity index (χ2n) is 2.74. The molecule has 12 heavy (non-hydrogen) atoms. The van der Waals surface area contributed by atoms with Crippen LogP contribution in [0, 0.1) is 0 Å². The molecule has 2 nitrogen and oxygen atoms in total. The van der Waals surface area contributed by atoms with Crippen molar-refractivity contribution in [2.24, 2.45) is 0 Å². The van der Waals surface area contributed by atoms with Crippen LogP contribution in [0.5, 0.6) is 0 Å². The maximum atomic E-state index is 5.33. The fourth-order valence-corrected chi connectivity index (χ4v) is 1.17. The summed E-state index contributed by atoms with van der Waals surface area (Å²) >= 11 is 0. The van der Waals surface area contributed by atoms with Crippen molar-refractivity contribution in [3.05, 3.63) is 12.2 Å². The highest BCUT2D eigenvalue weighted by atomic mass is 28.2. The van der Waals surface area contributed by atoms with E-state index in [9.17, 15) is 0 Å². The van der Waals surface area contributed by atoms with Crippen molar-refractivity contribution >= 4 is 9.76 Å². The van der Waals surface area contributed by atoms with Gasteiger partial charge in [0.1, 0.15) is 0 Å². The van der Waals surface area contributed by atoms with Gasteiger partial charge >= 0.3 is 0 Å². The normalized spacial score (nSPS) is 10.2. The van der Waals surface area contributed by atoms with E-state index in [1.54, 1.807) is 0 Å². The van der Waals surface area contributed by atoms with E-state index in [0.29, 0.717) is 16.4 Å². The predicted molar refractivity (Wildman–Crippen MR) is 52.4 cm³/mol. The third kappa shape index (κ3) is 9.88. The summed E-state index contributed by atoms with van der Waals surface area (Å²) in [4.78, 5) is 0. The van der Waals surface area contributed by atoms with E-state index in [4.69, 9.17) is 9.16 Å². The summed E-state index contributed by atoms with van der Waals surface area (Å²) in [6, 6.07) is 0.980. The molecule has 0 aromatic carbocycles. The van der Waals surface area contributed by atoms with Gasteiger partial charge < -0.3 is 9.16 Å². The number of rotatable bonds is 8. The molecular weight excluding hydrogens is 168 g/mol. The van der Waals surface area contributed by atoms with E-state index in [-0.39, 0.29) is 0 Å². The lowest BCUT2D eigenvalue weighted by Gasteiger charge is -2.03. The van der Waals surface area contributed by atoms with Crippen molar-refractivity contribution in [3.63, 3.8) is 0 Å². The monoisotopic (exact) mass is 186 g/mol. The molecule has 0 saturated heterocycles. The Morgan fingerprint density at radius 2 is 2.08 bits per heavy atom. The van der Waals surface area contributed by atoms with Crippen LogP contribution in [-0.2, 0) is 9.16 Å². The zero-order valence-electron chi connectivity index (χ0n) is 8.06. The highest BCUT2D eigenvalue weighted by Crippen LogP contribution is 1.94. The molecule has 0 bridgehead atoms. The van der Waals surface area contributed by atoms with Gasteiger partial charge in [-0.15, -0.1) is 6.58 Å². The molecule has 0 fully saturated rings. The van der Waals surface area contributed by atoms with E-state index in [1.807, 2.05) is 6.92 Å². The average Bonchev–Trinajstić information content (AvgIpc) is 2.02. The van der Waals surface area contributed by atoms with Crippen LogP contribution in [-0.4, -0.2) is 29.6 Å². The Balaban J connectivity index is 2.86. The molecule has 70 valence electrons. The van der Waals surface area contributed by atoms with Crippen LogP contribution < -0.4 is 0 Å². The molecule has 2 radical (unpaired) electrons. The third-order valence-corrected chi connectivity index (χ3v) is 2.31. The Labute approximate surface area is 77.9 Å². The van der Waals surface area contributed by atoms with E-state index in [1.165, 1.54) is 5.57 Å². The van der Waals surface area contributed by atoms with Gasteiger partial charge in [-0.05, 0) is 19.4 Å². The van der Waals surface area contributed by atoms with Crippen LogP contribution in [0.1, 0.15) is 20.3 Å². The van der Waals surface area contributed by atoms with Crippen LogP contribution in [0.25, 0.3) is 0 Å². The molecule has 0 unspecified atom stereocenters. The van der Waals surface area contributed by atoms with Gasteiger partial charge in [-0.2, -0.15) is 0 Å². The first-order valence-electron chi connectivity index (χ1n) is 4.34. The van der Waals surface area contributed by atoms with Crippen LogP contribution in [0.2, 0.25) is 6.04 Å². The first-order chi connectivity index (χ1) is 5.77. The highest BCUT2D eigenvalue weighted by molar-refractivity contribution is 6.28. The first-order valence-corrected chi connectivity index (χ1v) is 5.45. The lowest BCUT2D eigenvalue weighted by Crippen LogP contribution is -2.07. The summed E-state index contributed by atoms with van der Waals surface area (Å²) < 4.78 is 10.6. The predicted octanol–water partition coefficient (Wildman–Crippen LogP) is 2.04. The van der Waals surface area contributed by atoms with Crippen molar-refractivity contribution in [3.8, 4) is 0 Å². The second-order valence-corrected chi connectivity index (χ2v) is 3.67. The quantitative estimate of drug-likeness (QED) is 0.328. The fourth-order valence-electron chi connectivity index (χ4n) is 0.593. The minimum atomic E-state index is 0.545. The summed E-state index contributed by atoms with van der Waals surface area (Å²) in [5.41, 5.74) is 1.18. The van der Waals surface area contributed by atoms with Gasteiger partial charge in [0.25, 0.3) is 0 Å². The Kier molecular flexibility index (Phi) is 8.88. The first kappa shape index (κ1) is 11.9. The largest absolute Gasteiger partial charge is 0.415 e. The van der Waals surface area contributed by atoms with Crippen LogP contribution >= 0.6 is 0 Å². The molecule has 0 aromatic heterocycles. The molecule has 0 N–H and O–H groups in total. The van der Waals surface area contributed by atoms with Gasteiger partial charge in [-0.3, -0.25) is 0 Å². The molecule has 0 atom stereocenters. The molecule has 0 spiro atoms. The summed E-state index contributed by atoms with van der Waals surface area (Å²) in [7, 11) is 0.545. The van der Waals surface area contributed by atoms with Gasteiger partial charge in [0.05, 0.1) is 13.2 Å². The molecule has 0 saturated carbocycles. The lowest BCUT2D eigenvalue weighted by molar-refractivity contribution is 0.102. The molecule has 0 aliphatic heterocycles. The summed E-state index contributed by atoms with van der Waals surface area (Å²) in [6.07, 6.45) is 1.08. The zero-order valence-corrected chi connectivity index (χ0v) is 9.06. The summed E-state index contributed by atoms with van der Waals surface area (Å²) in [6.45, 7) is 10.2. The molecular formula is C9H18O2Si. The molecule has 0 amide bonds. The minimum absolute atomic E-state index is 0.545. The van der Waals surface area contributed by atoms with Crippen molar-refractivity contribution in [2.75, 3.05) is 19.8 Å². The molecule has 0 heterocycles. The number of ether oxygens (including phenoxy) is 1. The van der Waals surface area contributed by atoms with E-state index >= 15 is 0 Å². The van der Waals surface area contributed by atoms with Gasteiger partial charge in [0, 0.05) is 6.61 Å². The maximum absolute atomic E-state index is 5.33. The van der Waals surface area contributed by atoms with E-state index in [2.05, 4.69) is 13.5 Å². The highest BCUT2D eigenvalue weighted by Gasteiger charge is 1.92. The summed E-state index contributed by atoms with van der Waals surface area (Å²) in [5.74, 6) is 0. The molecule has 0 rings (SSSR count). The van der Waals surface area contributed by atoms with Crippen molar-refractivity contribution in [2.45, 2.75) is 26.3 Å². The Hall–Kier alpha value is -0.123. The molecule has 0 aliphatic carbocycles. The van der Waals surface area contributed by atoms with Crippen LogP contribution in [0.3, 0.4) is 0 Å². The van der Waals surface area contributed by atoms with Crippen molar-refractivity contribution in [1.82, 2.24) is 0 Å². The van der Waals surface area contributed by atoms with Crippen molar-refractivity contribution < 1.29 is 9.16 Å². The summed E-state index contributed by atoms with van der Waals surface area (Å²) in [5, 5.41) is 0. The van der Waals surface area contributed by atoms with E-state index < -0.39 is 0 Å². The van der Waals surface area contributed by atoms with Gasteiger partial charge in [0.2, 0.25) is 9.76 Å². The van der Waals surface area contributed by atoms with Gasteiger partial charge in [-0.1, -0.05) is 12.5 Å². The zero-order chi connectivity index (χ0) is 9.23. The smallest absolute Gasteiger partial charge is 0.234 e. The standard InChI is InChI=1S/C9H18O2Si/c1-4-5-10-6-7-11-12-8-9(2)3/h2,4-8H2,1,3H3. The molecule has 0 aliphatic rings. The topological polar surface area (TPSA) is 18.5 Å². The van der Waals surface area contributed by atoms with Crippen LogP contribution in [0.4, 0.5) is 0 Å². The number of hydrogen-bond donors (Lipinski definition) is 0. The Bertz CT molecular complexity index is 115.